The second-order valence-corrected chi connectivity index (χ2v) is 11.1. The number of para-hydroxylation sites is 5. The summed E-state index contributed by atoms with van der Waals surface area (Å²) in [5, 5.41) is 54.8. The molecule has 0 saturated carbocycles. The van der Waals surface area contributed by atoms with Crippen LogP contribution in [0.25, 0.3) is 0 Å². The molecule has 0 aliphatic heterocycles. The molecule has 5 nitrogen and oxygen atoms in total. The molecule has 0 bridgehead atoms. The molecule has 0 unspecified atom stereocenters. The Labute approximate surface area is 317 Å². The average molecular weight is 858 g/mol. The summed E-state index contributed by atoms with van der Waals surface area (Å²) in [7, 11) is 0. The molecule has 0 N–H and O–H groups in total. The maximum absolute atomic E-state index is 11.0. The maximum atomic E-state index is 11.0. The average Bonchev–Trinajstić information content (AvgIpc) is 3.00. The molecule has 0 spiro atoms. The predicted molar refractivity (Wildman–Crippen MR) is 183 cm³/mol. The predicted octanol–water partition coefficient (Wildman–Crippen LogP) is 6.50. The molecular formula is C40H45O5TiTl. The largest absolute Gasteiger partial charge is 3.00 e. The van der Waals surface area contributed by atoms with Crippen molar-refractivity contribution < 1.29 is 47.3 Å². The van der Waals surface area contributed by atoms with Crippen molar-refractivity contribution in [3.63, 3.8) is 0 Å². The van der Waals surface area contributed by atoms with E-state index >= 15 is 0 Å². The van der Waals surface area contributed by atoms with E-state index in [1.54, 1.807) is 0 Å². The van der Waals surface area contributed by atoms with Crippen LogP contribution in [0.5, 0.6) is 28.7 Å². The van der Waals surface area contributed by atoms with Gasteiger partial charge in [0.1, 0.15) is 0 Å². The molecule has 0 aliphatic carbocycles. The second kappa shape index (κ2) is 23.1. The number of hydrogen-bond donors (Lipinski definition) is 0. The van der Waals surface area contributed by atoms with Gasteiger partial charge in [-0.3, -0.25) is 0 Å². The molecule has 0 fully saturated rings. The van der Waals surface area contributed by atoms with Crippen LogP contribution >= 0.6 is 0 Å². The van der Waals surface area contributed by atoms with E-state index in [0.29, 0.717) is 0 Å². The summed E-state index contributed by atoms with van der Waals surface area (Å²) >= 11 is 0. The van der Waals surface area contributed by atoms with E-state index < -0.39 is 0 Å². The van der Waals surface area contributed by atoms with E-state index in [2.05, 4.69) is 0 Å². The Hall–Kier alpha value is -3.26. The molecule has 242 valence electrons. The van der Waals surface area contributed by atoms with Crippen molar-refractivity contribution in [3.05, 3.63) is 147 Å². The van der Waals surface area contributed by atoms with Crippen LogP contribution in [0.4, 0.5) is 0 Å². The van der Waals surface area contributed by atoms with E-state index in [1.807, 2.05) is 160 Å². The summed E-state index contributed by atoms with van der Waals surface area (Å²) in [6.07, 6.45) is 0. The van der Waals surface area contributed by atoms with Gasteiger partial charge in [-0.15, -0.1) is 28.7 Å². The third-order valence-corrected chi connectivity index (χ3v) is 7.04. The first-order valence-electron chi connectivity index (χ1n) is 14.7. The molecule has 0 atom stereocenters. The zero-order chi connectivity index (χ0) is 34.3. The number of benzene rings is 5. The standard InChI is InChI=1S/5C8H10O.Ti.Tl/c5*1-6-4-3-5-7(2)8(6)9;;/h5*3-5,9H,1-2H3;;/q;;;;;+2;+3/p-5. The molecule has 47 heavy (non-hydrogen) atoms. The van der Waals surface area contributed by atoms with Gasteiger partial charge in [0.2, 0.25) is 0 Å². The Bertz CT molecular complexity index is 1280. The van der Waals surface area contributed by atoms with Gasteiger partial charge in [0, 0.05) is 0 Å². The van der Waals surface area contributed by atoms with Crippen LogP contribution in [0.3, 0.4) is 0 Å². The summed E-state index contributed by atoms with van der Waals surface area (Å²) in [5.41, 5.74) is 8.29. The van der Waals surface area contributed by atoms with Gasteiger partial charge >= 0.3 is 49.0 Å². The Balaban J connectivity index is 0. The third-order valence-electron chi connectivity index (χ3n) is 7.04. The third kappa shape index (κ3) is 15.9. The Kier molecular flexibility index (Phi) is 22.6. The normalized spacial score (nSPS) is 9.15. The fourth-order valence-electron chi connectivity index (χ4n) is 4.00. The monoisotopic (exact) mass is 858 g/mol. The fourth-order valence-corrected chi connectivity index (χ4v) is 4.00. The van der Waals surface area contributed by atoms with Gasteiger partial charge in [-0.05, 0) is 69.2 Å². The van der Waals surface area contributed by atoms with Gasteiger partial charge in [0.25, 0.3) is 0 Å². The second-order valence-electron chi connectivity index (χ2n) is 11.1. The van der Waals surface area contributed by atoms with E-state index in [-0.39, 0.29) is 77.8 Å². The number of aryl methyl sites for hydroxylation is 10. The molecule has 7 heteroatoms. The summed E-state index contributed by atoms with van der Waals surface area (Å²) in [6, 6.07) is 27.8. The van der Waals surface area contributed by atoms with Crippen molar-refractivity contribution in [1.29, 1.82) is 0 Å². The molecule has 0 amide bonds. The van der Waals surface area contributed by atoms with E-state index in [1.165, 1.54) is 0 Å². The molecule has 0 heterocycles. The number of rotatable bonds is 0. The van der Waals surface area contributed by atoms with Crippen molar-refractivity contribution in [1.82, 2.24) is 0 Å². The van der Waals surface area contributed by atoms with E-state index in [9.17, 15) is 25.5 Å². The van der Waals surface area contributed by atoms with Gasteiger partial charge in [0.15, 0.2) is 0 Å². The number of hydrogen-bond acceptors (Lipinski definition) is 5. The van der Waals surface area contributed by atoms with Crippen LogP contribution in [-0.4, -0.2) is 27.3 Å². The Morgan fingerprint density at radius 3 is 0.404 bits per heavy atom. The smallest absolute Gasteiger partial charge is 0.872 e. The zero-order valence-electron chi connectivity index (χ0n) is 29.3. The quantitative estimate of drug-likeness (QED) is 0.165. The van der Waals surface area contributed by atoms with Crippen LogP contribution in [0.2, 0.25) is 0 Å². The van der Waals surface area contributed by atoms with Crippen molar-refractivity contribution in [2.75, 3.05) is 0 Å². The van der Waals surface area contributed by atoms with Gasteiger partial charge in [-0.2, -0.15) is 0 Å². The summed E-state index contributed by atoms with van der Waals surface area (Å²) in [6.45, 7) is 18.3. The minimum Gasteiger partial charge on any atom is -0.872 e. The molecule has 5 aromatic carbocycles. The van der Waals surface area contributed by atoms with Crippen LogP contribution in [0.1, 0.15) is 55.6 Å². The van der Waals surface area contributed by atoms with Gasteiger partial charge in [-0.25, -0.2) is 0 Å². The minimum absolute atomic E-state index is 0. The minimum atomic E-state index is 0. The first kappa shape index (κ1) is 45.9. The summed E-state index contributed by atoms with van der Waals surface area (Å²) < 4.78 is 0. The fraction of sp³-hybridized carbons (Fsp3) is 0.250. The molecular weight excluding hydrogens is 813 g/mol. The van der Waals surface area contributed by atoms with Gasteiger partial charge < -0.3 is 25.5 Å². The zero-order valence-corrected chi connectivity index (χ0v) is 35.3. The van der Waals surface area contributed by atoms with E-state index in [4.69, 9.17) is 0 Å². The van der Waals surface area contributed by atoms with Gasteiger partial charge in [-0.1, -0.05) is 147 Å². The Morgan fingerprint density at radius 1 is 0.255 bits per heavy atom. The first-order valence-corrected chi connectivity index (χ1v) is 14.7. The van der Waals surface area contributed by atoms with Gasteiger partial charge in [0.05, 0.1) is 0 Å². The van der Waals surface area contributed by atoms with E-state index in [0.717, 1.165) is 55.6 Å². The Morgan fingerprint density at radius 2 is 0.340 bits per heavy atom. The van der Waals surface area contributed by atoms with Crippen LogP contribution in [-0.2, 0) is 21.7 Å². The summed E-state index contributed by atoms with van der Waals surface area (Å²) in [4.78, 5) is 0. The van der Waals surface area contributed by atoms with Crippen LogP contribution in [0, 0.1) is 69.2 Å². The van der Waals surface area contributed by atoms with Crippen molar-refractivity contribution >= 4 is 27.3 Å². The molecule has 0 aromatic heterocycles. The SMILES string of the molecule is Cc1cccc(C)c1[O-].Cc1cccc(C)c1[O-].Cc1cccc(C)c1[O-].Cc1cccc(C)c1[O-].Cc1cccc(C)c1[O-].[Ti+2].[Tl+3]. The van der Waals surface area contributed by atoms with Crippen LogP contribution < -0.4 is 25.5 Å². The molecule has 0 radical (unpaired) electrons. The van der Waals surface area contributed by atoms with Crippen molar-refractivity contribution in [2.45, 2.75) is 69.2 Å². The van der Waals surface area contributed by atoms with Crippen molar-refractivity contribution in [2.24, 2.45) is 0 Å². The first-order chi connectivity index (χ1) is 21.1. The maximum Gasteiger partial charge on any atom is 3.00 e. The van der Waals surface area contributed by atoms with Crippen LogP contribution in [0.15, 0.2) is 91.0 Å². The molecule has 5 rings (SSSR count). The molecule has 0 saturated heterocycles. The summed E-state index contributed by atoms with van der Waals surface area (Å²) in [5.74, 6) is 0.822. The molecule has 0 aliphatic rings. The molecule has 5 aromatic rings. The van der Waals surface area contributed by atoms with Crippen molar-refractivity contribution in [3.8, 4) is 28.7 Å². The topological polar surface area (TPSA) is 115 Å².